The third-order valence-electron chi connectivity index (χ3n) is 5.45. The summed E-state index contributed by atoms with van der Waals surface area (Å²) in [6.45, 7) is 0. The summed E-state index contributed by atoms with van der Waals surface area (Å²) in [5.74, 6) is -2.69. The second-order valence-electron chi connectivity index (χ2n) is 7.46. The van der Waals surface area contributed by atoms with E-state index in [1.807, 2.05) is 0 Å². The molecule has 3 aromatic carbocycles. The predicted octanol–water partition coefficient (Wildman–Crippen LogP) is 3.11. The Morgan fingerprint density at radius 2 is 1.62 bits per heavy atom. The van der Waals surface area contributed by atoms with Crippen molar-refractivity contribution in [2.24, 2.45) is 5.14 Å². The summed E-state index contributed by atoms with van der Waals surface area (Å²) < 4.78 is 43.2. The van der Waals surface area contributed by atoms with Gasteiger partial charge in [-0.2, -0.15) is 0 Å². The van der Waals surface area contributed by atoms with Gasteiger partial charge in [0.05, 0.1) is 23.6 Å². The third kappa shape index (κ3) is 4.04. The first-order valence-electron chi connectivity index (χ1n) is 9.96. The van der Waals surface area contributed by atoms with Crippen LogP contribution in [0.5, 0.6) is 5.75 Å². The normalized spacial score (nSPS) is 17.7. The van der Waals surface area contributed by atoms with E-state index in [1.165, 1.54) is 67.8 Å². The maximum atomic E-state index is 14.9. The Morgan fingerprint density at radius 3 is 2.18 bits per heavy atom. The largest absolute Gasteiger partial charge is 0.507 e. The molecule has 0 spiro atoms. The molecule has 0 saturated carbocycles. The van der Waals surface area contributed by atoms with E-state index in [9.17, 15) is 27.5 Å². The van der Waals surface area contributed by atoms with Gasteiger partial charge in [0, 0.05) is 16.8 Å². The van der Waals surface area contributed by atoms with E-state index >= 15 is 0 Å². The lowest BCUT2D eigenvalue weighted by Crippen LogP contribution is -2.30. The smallest absolute Gasteiger partial charge is 0.300 e. The Labute approximate surface area is 194 Å². The van der Waals surface area contributed by atoms with Crippen LogP contribution in [0.2, 0.25) is 0 Å². The van der Waals surface area contributed by atoms with Crippen LogP contribution < -0.4 is 14.8 Å². The van der Waals surface area contributed by atoms with Crippen LogP contribution in [0.4, 0.5) is 10.1 Å². The third-order valence-corrected chi connectivity index (χ3v) is 6.38. The van der Waals surface area contributed by atoms with E-state index in [0.717, 1.165) is 4.90 Å². The van der Waals surface area contributed by atoms with Crippen molar-refractivity contribution < 1.29 is 32.2 Å². The van der Waals surface area contributed by atoms with Crippen LogP contribution in [-0.2, 0) is 19.6 Å². The van der Waals surface area contributed by atoms with Crippen LogP contribution in [-0.4, -0.2) is 32.3 Å². The second kappa shape index (κ2) is 8.73. The Hall–Kier alpha value is -4.02. The molecule has 10 heteroatoms. The van der Waals surface area contributed by atoms with Gasteiger partial charge in [-0.3, -0.25) is 14.5 Å². The number of aliphatic hydroxyl groups excluding tert-OH is 1. The fourth-order valence-corrected chi connectivity index (χ4v) is 4.31. The maximum absolute atomic E-state index is 14.9. The first kappa shape index (κ1) is 23.1. The molecule has 1 amide bonds. The molecule has 174 valence electrons. The number of carbonyl (C=O) groups is 2. The molecule has 3 aromatic rings. The number of ether oxygens (including phenoxy) is 1. The first-order chi connectivity index (χ1) is 16.1. The van der Waals surface area contributed by atoms with E-state index < -0.39 is 39.3 Å². The van der Waals surface area contributed by atoms with Crippen molar-refractivity contribution >= 4 is 33.2 Å². The van der Waals surface area contributed by atoms with Crippen LogP contribution in [0, 0.1) is 5.82 Å². The number of primary sulfonamides is 1. The molecule has 0 aromatic heterocycles. The predicted molar refractivity (Wildman–Crippen MR) is 122 cm³/mol. The van der Waals surface area contributed by atoms with Gasteiger partial charge >= 0.3 is 0 Å². The zero-order valence-corrected chi connectivity index (χ0v) is 18.6. The number of nitrogens with zero attached hydrogens (tertiary/aromatic N) is 1. The van der Waals surface area contributed by atoms with Crippen LogP contribution in [0.1, 0.15) is 17.2 Å². The fourth-order valence-electron chi connectivity index (χ4n) is 3.79. The summed E-state index contributed by atoms with van der Waals surface area (Å²) in [4.78, 5) is 27.0. The van der Waals surface area contributed by atoms with E-state index in [0.29, 0.717) is 5.75 Å². The summed E-state index contributed by atoms with van der Waals surface area (Å²) in [7, 11) is -2.52. The lowest BCUT2D eigenvalue weighted by molar-refractivity contribution is -0.132. The Morgan fingerprint density at radius 1 is 1.00 bits per heavy atom. The van der Waals surface area contributed by atoms with Gasteiger partial charge < -0.3 is 9.84 Å². The molecule has 1 heterocycles. The molecule has 8 nitrogen and oxygen atoms in total. The van der Waals surface area contributed by atoms with Gasteiger partial charge in [-0.25, -0.2) is 17.9 Å². The van der Waals surface area contributed by atoms with E-state index in [2.05, 4.69) is 0 Å². The van der Waals surface area contributed by atoms with Gasteiger partial charge in [-0.15, -0.1) is 0 Å². The number of benzene rings is 3. The molecule has 3 N–H and O–H groups in total. The second-order valence-corrected chi connectivity index (χ2v) is 9.02. The molecule has 1 saturated heterocycles. The minimum absolute atomic E-state index is 0.0210. The first-order valence-corrected chi connectivity index (χ1v) is 11.5. The highest BCUT2D eigenvalue weighted by Gasteiger charge is 2.47. The van der Waals surface area contributed by atoms with Crippen LogP contribution in [0.3, 0.4) is 0 Å². The highest BCUT2D eigenvalue weighted by atomic mass is 32.2. The highest BCUT2D eigenvalue weighted by Crippen LogP contribution is 2.43. The zero-order valence-electron chi connectivity index (χ0n) is 17.8. The van der Waals surface area contributed by atoms with Gasteiger partial charge in [0.2, 0.25) is 10.0 Å². The molecule has 1 atom stereocenters. The van der Waals surface area contributed by atoms with Crippen molar-refractivity contribution in [3.63, 3.8) is 0 Å². The van der Waals surface area contributed by atoms with Crippen molar-refractivity contribution in [3.05, 3.63) is 95.3 Å². The number of halogens is 1. The van der Waals surface area contributed by atoms with Gasteiger partial charge in [-0.05, 0) is 54.6 Å². The molecule has 1 fully saturated rings. The lowest BCUT2D eigenvalue weighted by atomic mass is 9.94. The summed E-state index contributed by atoms with van der Waals surface area (Å²) in [6.07, 6.45) is 0. The molecule has 4 rings (SSSR count). The van der Waals surface area contributed by atoms with Crippen molar-refractivity contribution in [1.29, 1.82) is 0 Å². The average molecular weight is 482 g/mol. The van der Waals surface area contributed by atoms with Crippen molar-refractivity contribution in [2.45, 2.75) is 10.9 Å². The molecule has 0 radical (unpaired) electrons. The number of aliphatic hydroxyl groups is 1. The Balaban J connectivity index is 1.92. The Kier molecular flexibility index (Phi) is 5.94. The number of Topliss-reactive ketones (excluding diaryl/α,β-unsaturated/α-hetero) is 1. The molecular weight excluding hydrogens is 463 g/mol. The number of methoxy groups -OCH3 is 1. The SMILES string of the molecule is COc1ccc(/C(O)=C2\C(=O)C(=O)N(c3ccc(S(N)(=O)=O)cc3)C2c2ccccc2F)cc1. The molecule has 1 unspecified atom stereocenters. The number of hydrogen-bond donors (Lipinski definition) is 2. The lowest BCUT2D eigenvalue weighted by Gasteiger charge is -2.25. The van der Waals surface area contributed by atoms with Gasteiger partial charge in [0.25, 0.3) is 11.7 Å². The summed E-state index contributed by atoms with van der Waals surface area (Å²) >= 11 is 0. The molecule has 0 bridgehead atoms. The quantitative estimate of drug-likeness (QED) is 0.327. The molecule has 0 aliphatic carbocycles. The summed E-state index contributed by atoms with van der Waals surface area (Å²) in [5.41, 5.74) is 0.0179. The van der Waals surface area contributed by atoms with Crippen molar-refractivity contribution in [3.8, 4) is 5.75 Å². The minimum Gasteiger partial charge on any atom is -0.507 e. The monoisotopic (exact) mass is 482 g/mol. The molecule has 1 aliphatic rings. The Bertz CT molecular complexity index is 1420. The van der Waals surface area contributed by atoms with Gasteiger partial charge in [0.1, 0.15) is 17.3 Å². The summed E-state index contributed by atoms with van der Waals surface area (Å²) in [6, 6.07) is 15.3. The molecule has 34 heavy (non-hydrogen) atoms. The standard InChI is InChI=1S/C24H19FN2O6S/c1-33-16-10-6-14(7-11-16)22(28)20-21(18-4-2-3-5-19(18)25)27(24(30)23(20)29)15-8-12-17(13-9-15)34(26,31)32/h2-13,21,28H,1H3,(H2,26,31,32)/b22-20+. The van der Waals surface area contributed by atoms with Crippen LogP contribution >= 0.6 is 0 Å². The fraction of sp³-hybridized carbons (Fsp3) is 0.0833. The maximum Gasteiger partial charge on any atom is 0.300 e. The number of anilines is 1. The molecule has 1 aliphatic heterocycles. The minimum atomic E-state index is -4.00. The number of amides is 1. The van der Waals surface area contributed by atoms with Crippen molar-refractivity contribution in [1.82, 2.24) is 0 Å². The number of nitrogens with two attached hydrogens (primary N) is 1. The number of carbonyl (C=O) groups excluding carboxylic acids is 2. The number of sulfonamides is 1. The van der Waals surface area contributed by atoms with Crippen LogP contribution in [0.25, 0.3) is 5.76 Å². The van der Waals surface area contributed by atoms with Crippen molar-refractivity contribution in [2.75, 3.05) is 12.0 Å². The molecular formula is C24H19FN2O6S. The zero-order chi connectivity index (χ0) is 24.6. The summed E-state index contributed by atoms with van der Waals surface area (Å²) in [5, 5.41) is 16.2. The van der Waals surface area contributed by atoms with E-state index in [1.54, 1.807) is 12.1 Å². The number of ketones is 1. The van der Waals surface area contributed by atoms with Crippen LogP contribution in [0.15, 0.2) is 83.3 Å². The van der Waals surface area contributed by atoms with Gasteiger partial charge in [0.15, 0.2) is 0 Å². The topological polar surface area (TPSA) is 127 Å². The highest BCUT2D eigenvalue weighted by molar-refractivity contribution is 7.89. The van der Waals surface area contributed by atoms with E-state index in [-0.39, 0.29) is 27.3 Å². The number of rotatable bonds is 5. The average Bonchev–Trinajstić information content (AvgIpc) is 3.08. The van der Waals surface area contributed by atoms with E-state index in [4.69, 9.17) is 9.88 Å². The number of hydrogen-bond acceptors (Lipinski definition) is 6. The van der Waals surface area contributed by atoms with Gasteiger partial charge in [-0.1, -0.05) is 18.2 Å².